The molecule has 0 radical (unpaired) electrons. The van der Waals surface area contributed by atoms with Gasteiger partial charge in [0.15, 0.2) is 6.61 Å². The van der Waals surface area contributed by atoms with E-state index in [2.05, 4.69) is 11.4 Å². The number of carbonyl (C=O) groups is 3. The number of amides is 2. The first kappa shape index (κ1) is 21.8. The van der Waals surface area contributed by atoms with Gasteiger partial charge in [-0.15, -0.1) is 11.8 Å². The molecule has 1 saturated carbocycles. The van der Waals surface area contributed by atoms with Crippen LogP contribution in [-0.2, 0) is 14.3 Å². The molecule has 8 heteroatoms. The van der Waals surface area contributed by atoms with Crippen LogP contribution in [0.25, 0.3) is 0 Å². The Balaban J connectivity index is 1.93. The number of benzene rings is 1. The van der Waals surface area contributed by atoms with Crippen LogP contribution >= 0.6 is 11.8 Å². The van der Waals surface area contributed by atoms with E-state index in [9.17, 15) is 19.6 Å². The van der Waals surface area contributed by atoms with Gasteiger partial charge < -0.3 is 15.0 Å². The van der Waals surface area contributed by atoms with E-state index in [4.69, 9.17) is 4.74 Å². The van der Waals surface area contributed by atoms with Crippen molar-refractivity contribution in [2.45, 2.75) is 42.5 Å². The van der Waals surface area contributed by atoms with Gasteiger partial charge in [0.2, 0.25) is 5.91 Å². The maximum absolute atomic E-state index is 12.4. The number of ether oxygens (including phenoxy) is 1. The van der Waals surface area contributed by atoms with E-state index < -0.39 is 24.0 Å². The number of hydrogen-bond donors (Lipinski definition) is 1. The van der Waals surface area contributed by atoms with Gasteiger partial charge in [-0.25, -0.2) is 4.79 Å². The molecular weight excluding hydrogens is 378 g/mol. The Morgan fingerprint density at radius 1 is 1.21 bits per heavy atom. The van der Waals surface area contributed by atoms with Crippen LogP contribution in [0.1, 0.15) is 42.5 Å². The first-order chi connectivity index (χ1) is 13.4. The normalized spacial score (nSPS) is 15.2. The van der Waals surface area contributed by atoms with Crippen LogP contribution in [0.5, 0.6) is 0 Å². The molecule has 7 nitrogen and oxygen atoms in total. The molecule has 1 N–H and O–H groups in total. The van der Waals surface area contributed by atoms with Gasteiger partial charge in [-0.05, 0) is 25.0 Å². The standard InChI is InChI=1S/C20H25N3O4S/c1-23(2)18(25)13-28-16-9-5-4-8-15(16)19(26)27-12-17(24)22-20(14-21)10-6-3-7-11-20/h4-5,8-9H,3,6-7,10-13H2,1-2H3,(H,22,24). The fourth-order valence-corrected chi connectivity index (χ4v) is 3.98. The molecule has 0 atom stereocenters. The summed E-state index contributed by atoms with van der Waals surface area (Å²) in [5.41, 5.74) is -0.554. The van der Waals surface area contributed by atoms with Crippen molar-refractivity contribution >= 4 is 29.5 Å². The third kappa shape index (κ3) is 5.99. The van der Waals surface area contributed by atoms with E-state index in [1.807, 2.05) is 0 Å². The van der Waals surface area contributed by atoms with Crippen molar-refractivity contribution in [3.05, 3.63) is 29.8 Å². The molecule has 1 aliphatic carbocycles. The van der Waals surface area contributed by atoms with Crippen molar-refractivity contribution in [2.75, 3.05) is 26.5 Å². The third-order valence-corrected chi connectivity index (χ3v) is 5.65. The van der Waals surface area contributed by atoms with E-state index >= 15 is 0 Å². The predicted octanol–water partition coefficient (Wildman–Crippen LogP) is 2.37. The van der Waals surface area contributed by atoms with Crippen molar-refractivity contribution in [2.24, 2.45) is 0 Å². The van der Waals surface area contributed by atoms with Gasteiger partial charge in [0.05, 0.1) is 17.4 Å². The Morgan fingerprint density at radius 3 is 2.54 bits per heavy atom. The molecule has 1 aliphatic rings. The van der Waals surface area contributed by atoms with Gasteiger partial charge in [-0.2, -0.15) is 5.26 Å². The number of hydrogen-bond acceptors (Lipinski definition) is 6. The van der Waals surface area contributed by atoms with E-state index in [1.54, 1.807) is 38.4 Å². The lowest BCUT2D eigenvalue weighted by Crippen LogP contribution is -2.50. The molecule has 28 heavy (non-hydrogen) atoms. The second-order valence-corrected chi connectivity index (χ2v) is 7.97. The summed E-state index contributed by atoms with van der Waals surface area (Å²) in [6.07, 6.45) is 4.07. The molecule has 2 rings (SSSR count). The highest BCUT2D eigenvalue weighted by molar-refractivity contribution is 8.00. The topological polar surface area (TPSA) is 99.5 Å². The van der Waals surface area contributed by atoms with Gasteiger partial charge in [0, 0.05) is 19.0 Å². The van der Waals surface area contributed by atoms with Crippen LogP contribution in [0.2, 0.25) is 0 Å². The molecule has 0 unspecified atom stereocenters. The van der Waals surface area contributed by atoms with Crippen LogP contribution in [0, 0.1) is 11.3 Å². The van der Waals surface area contributed by atoms with E-state index in [1.165, 1.54) is 16.7 Å². The molecular formula is C20H25N3O4S. The zero-order chi connectivity index (χ0) is 20.6. The van der Waals surface area contributed by atoms with Crippen LogP contribution in [0.4, 0.5) is 0 Å². The molecule has 1 fully saturated rings. The van der Waals surface area contributed by atoms with E-state index in [-0.39, 0.29) is 11.7 Å². The zero-order valence-corrected chi connectivity index (χ0v) is 17.0. The summed E-state index contributed by atoms with van der Waals surface area (Å²) in [5, 5.41) is 12.1. The van der Waals surface area contributed by atoms with Gasteiger partial charge >= 0.3 is 5.97 Å². The quantitative estimate of drug-likeness (QED) is 0.554. The molecule has 2 amide bonds. The van der Waals surface area contributed by atoms with E-state index in [0.29, 0.717) is 23.3 Å². The average molecular weight is 404 g/mol. The summed E-state index contributed by atoms with van der Waals surface area (Å²) in [6.45, 7) is -0.447. The monoisotopic (exact) mass is 403 g/mol. The lowest BCUT2D eigenvalue weighted by molar-refractivity contribution is -0.126. The largest absolute Gasteiger partial charge is 0.452 e. The number of thioether (sulfide) groups is 1. The van der Waals surface area contributed by atoms with Crippen molar-refractivity contribution in [1.82, 2.24) is 10.2 Å². The number of carbonyl (C=O) groups excluding carboxylic acids is 3. The zero-order valence-electron chi connectivity index (χ0n) is 16.2. The predicted molar refractivity (Wildman–Crippen MR) is 106 cm³/mol. The number of nitriles is 1. The first-order valence-electron chi connectivity index (χ1n) is 9.18. The molecule has 150 valence electrons. The maximum Gasteiger partial charge on any atom is 0.339 e. The smallest absolute Gasteiger partial charge is 0.339 e. The Hall–Kier alpha value is -2.53. The minimum atomic E-state index is -0.859. The molecule has 0 bridgehead atoms. The van der Waals surface area contributed by atoms with Crippen molar-refractivity contribution in [3.63, 3.8) is 0 Å². The molecule has 1 aromatic carbocycles. The van der Waals surface area contributed by atoms with Crippen LogP contribution in [0.15, 0.2) is 29.2 Å². The first-order valence-corrected chi connectivity index (χ1v) is 10.2. The summed E-state index contributed by atoms with van der Waals surface area (Å²) in [5.74, 6) is -0.987. The Bertz CT molecular complexity index is 767. The highest BCUT2D eigenvalue weighted by Crippen LogP contribution is 2.27. The van der Waals surface area contributed by atoms with Gasteiger partial charge in [0.25, 0.3) is 5.91 Å². The van der Waals surface area contributed by atoms with Gasteiger partial charge in [-0.3, -0.25) is 9.59 Å². The Kier molecular flexibility index (Phi) is 7.88. The van der Waals surface area contributed by atoms with Gasteiger partial charge in [-0.1, -0.05) is 31.4 Å². The Morgan fingerprint density at radius 2 is 1.89 bits per heavy atom. The minimum absolute atomic E-state index is 0.0677. The van der Waals surface area contributed by atoms with Crippen molar-refractivity contribution < 1.29 is 19.1 Å². The number of rotatable bonds is 7. The van der Waals surface area contributed by atoms with E-state index in [0.717, 1.165) is 19.3 Å². The maximum atomic E-state index is 12.4. The second kappa shape index (κ2) is 10.1. The molecule has 0 aromatic heterocycles. The average Bonchev–Trinajstić information content (AvgIpc) is 2.71. The molecule has 0 heterocycles. The summed E-state index contributed by atoms with van der Waals surface area (Å²) >= 11 is 1.24. The summed E-state index contributed by atoms with van der Waals surface area (Å²) in [7, 11) is 3.34. The number of nitrogens with one attached hydrogen (secondary N) is 1. The molecule has 0 saturated heterocycles. The second-order valence-electron chi connectivity index (χ2n) is 6.95. The van der Waals surface area contributed by atoms with Gasteiger partial charge in [0.1, 0.15) is 5.54 Å². The molecule has 0 aliphatic heterocycles. The lowest BCUT2D eigenvalue weighted by Gasteiger charge is -2.31. The Labute approximate surface area is 169 Å². The highest BCUT2D eigenvalue weighted by Gasteiger charge is 2.33. The lowest BCUT2D eigenvalue weighted by atomic mass is 9.83. The van der Waals surface area contributed by atoms with Crippen molar-refractivity contribution in [1.29, 1.82) is 5.26 Å². The number of esters is 1. The highest BCUT2D eigenvalue weighted by atomic mass is 32.2. The fourth-order valence-electron chi connectivity index (χ4n) is 2.96. The SMILES string of the molecule is CN(C)C(=O)CSc1ccccc1C(=O)OCC(=O)NC1(C#N)CCCCC1. The van der Waals surface area contributed by atoms with Crippen LogP contribution in [0.3, 0.4) is 0 Å². The summed E-state index contributed by atoms with van der Waals surface area (Å²) in [6, 6.07) is 9.00. The minimum Gasteiger partial charge on any atom is -0.452 e. The van der Waals surface area contributed by atoms with Crippen LogP contribution in [-0.4, -0.2) is 54.7 Å². The third-order valence-electron chi connectivity index (χ3n) is 4.59. The fraction of sp³-hybridized carbons (Fsp3) is 0.500. The summed E-state index contributed by atoms with van der Waals surface area (Å²) < 4.78 is 5.15. The molecule has 1 aromatic rings. The van der Waals surface area contributed by atoms with Crippen LogP contribution < -0.4 is 5.32 Å². The number of nitrogens with zero attached hydrogens (tertiary/aromatic N) is 2. The molecule has 0 spiro atoms. The van der Waals surface area contributed by atoms with Crippen molar-refractivity contribution in [3.8, 4) is 6.07 Å². The summed E-state index contributed by atoms with van der Waals surface area (Å²) in [4.78, 5) is 38.5.